The molecular weight excluding hydrogens is 270 g/mol. The van der Waals surface area contributed by atoms with Gasteiger partial charge in [0.15, 0.2) is 5.69 Å². The fraction of sp³-hybridized carbons (Fsp3) is 0.571. The summed E-state index contributed by atoms with van der Waals surface area (Å²) in [7, 11) is 1.86. The third kappa shape index (κ3) is 2.12. The number of nitrogens with zero attached hydrogens (tertiary/aromatic N) is 5. The minimum absolute atomic E-state index is 0.0149. The highest BCUT2D eigenvalue weighted by atomic mass is 16.4. The fourth-order valence-electron chi connectivity index (χ4n) is 3.19. The molecule has 21 heavy (non-hydrogen) atoms. The predicted molar refractivity (Wildman–Crippen MR) is 76.2 cm³/mol. The first kappa shape index (κ1) is 13.8. The van der Waals surface area contributed by atoms with Crippen molar-refractivity contribution in [1.82, 2.24) is 24.8 Å². The number of carboxylic acids is 1. The molecule has 0 spiro atoms. The fourth-order valence-corrected chi connectivity index (χ4v) is 3.19. The highest BCUT2D eigenvalue weighted by Gasteiger charge is 2.29. The summed E-state index contributed by atoms with van der Waals surface area (Å²) in [6.07, 6.45) is 4.34. The number of carboxylic acid groups (broad SMARTS) is 1. The lowest BCUT2D eigenvalue weighted by molar-refractivity contribution is 0.0691. The van der Waals surface area contributed by atoms with E-state index >= 15 is 0 Å². The third-order valence-electron chi connectivity index (χ3n) is 4.31. The van der Waals surface area contributed by atoms with Crippen molar-refractivity contribution in [2.75, 3.05) is 0 Å². The number of hydrogen-bond acceptors (Lipinski definition) is 4. The van der Waals surface area contributed by atoms with Gasteiger partial charge in [0.05, 0.1) is 11.7 Å². The second-order valence-electron chi connectivity index (χ2n) is 5.64. The molecule has 1 aliphatic rings. The molecule has 112 valence electrons. The molecule has 0 aliphatic heterocycles. The summed E-state index contributed by atoms with van der Waals surface area (Å²) in [5.41, 5.74) is 3.18. The van der Waals surface area contributed by atoms with Crippen molar-refractivity contribution >= 4 is 5.97 Å². The van der Waals surface area contributed by atoms with Crippen molar-refractivity contribution in [1.29, 1.82) is 0 Å². The van der Waals surface area contributed by atoms with Crippen molar-refractivity contribution in [3.05, 3.63) is 17.1 Å². The predicted octanol–water partition coefficient (Wildman–Crippen LogP) is 2.11. The van der Waals surface area contributed by atoms with Crippen LogP contribution in [-0.2, 0) is 7.05 Å². The van der Waals surface area contributed by atoms with E-state index in [9.17, 15) is 9.90 Å². The highest BCUT2D eigenvalue weighted by molar-refractivity contribution is 5.93. The summed E-state index contributed by atoms with van der Waals surface area (Å²) in [4.78, 5) is 11.5. The highest BCUT2D eigenvalue weighted by Crippen LogP contribution is 2.36. The van der Waals surface area contributed by atoms with E-state index in [1.165, 1.54) is 0 Å². The molecule has 3 rings (SSSR count). The van der Waals surface area contributed by atoms with Crippen LogP contribution in [0.2, 0.25) is 0 Å². The molecule has 0 atom stereocenters. The van der Waals surface area contributed by atoms with E-state index in [0.717, 1.165) is 42.6 Å². The van der Waals surface area contributed by atoms with Crippen molar-refractivity contribution in [3.63, 3.8) is 0 Å². The molecule has 7 heteroatoms. The summed E-state index contributed by atoms with van der Waals surface area (Å²) in [5, 5.41) is 21.9. The molecule has 0 bridgehead atoms. The average Bonchev–Trinajstić information content (AvgIpc) is 3.10. The first-order valence-electron chi connectivity index (χ1n) is 7.19. The van der Waals surface area contributed by atoms with Gasteiger partial charge in [-0.2, -0.15) is 5.10 Å². The average molecular weight is 289 g/mol. The van der Waals surface area contributed by atoms with Crippen LogP contribution in [0, 0.1) is 13.8 Å². The molecule has 0 radical (unpaired) electrons. The van der Waals surface area contributed by atoms with Gasteiger partial charge < -0.3 is 5.11 Å². The lowest BCUT2D eigenvalue weighted by Gasteiger charge is -2.13. The van der Waals surface area contributed by atoms with Gasteiger partial charge in [-0.3, -0.25) is 4.68 Å². The van der Waals surface area contributed by atoms with E-state index < -0.39 is 5.97 Å². The second-order valence-corrected chi connectivity index (χ2v) is 5.64. The first-order valence-corrected chi connectivity index (χ1v) is 7.19. The van der Waals surface area contributed by atoms with Crippen molar-refractivity contribution in [3.8, 4) is 11.3 Å². The molecule has 2 aromatic heterocycles. The number of hydrogen-bond donors (Lipinski definition) is 1. The van der Waals surface area contributed by atoms with Gasteiger partial charge in [0.25, 0.3) is 0 Å². The van der Waals surface area contributed by atoms with Gasteiger partial charge in [0.1, 0.15) is 5.69 Å². The Balaban J connectivity index is 2.23. The second kappa shape index (κ2) is 4.98. The summed E-state index contributed by atoms with van der Waals surface area (Å²) in [5.74, 6) is -1.04. The van der Waals surface area contributed by atoms with E-state index in [1.54, 1.807) is 9.36 Å². The van der Waals surface area contributed by atoms with Gasteiger partial charge >= 0.3 is 5.97 Å². The Morgan fingerprint density at radius 1 is 1.29 bits per heavy atom. The lowest BCUT2D eigenvalue weighted by Crippen LogP contribution is -2.10. The first-order chi connectivity index (χ1) is 10.0. The van der Waals surface area contributed by atoms with Gasteiger partial charge in [0.2, 0.25) is 0 Å². The normalized spacial score (nSPS) is 15.8. The van der Waals surface area contributed by atoms with Crippen LogP contribution in [0.5, 0.6) is 0 Å². The molecule has 0 saturated heterocycles. The maximum Gasteiger partial charge on any atom is 0.358 e. The zero-order valence-electron chi connectivity index (χ0n) is 12.5. The summed E-state index contributed by atoms with van der Waals surface area (Å²) in [6.45, 7) is 3.83. The number of rotatable bonds is 3. The van der Waals surface area contributed by atoms with E-state index in [4.69, 9.17) is 0 Å². The minimum Gasteiger partial charge on any atom is -0.476 e. The third-order valence-corrected chi connectivity index (χ3v) is 4.31. The summed E-state index contributed by atoms with van der Waals surface area (Å²) < 4.78 is 3.57. The number of aryl methyl sites for hydroxylation is 2. The van der Waals surface area contributed by atoms with Gasteiger partial charge in [-0.05, 0) is 26.7 Å². The maximum atomic E-state index is 11.5. The SMILES string of the molecule is Cc1nn(C)c(C)c1-c1c(C(=O)O)nnn1C1CCCC1. The largest absolute Gasteiger partial charge is 0.476 e. The van der Waals surface area contributed by atoms with Crippen LogP contribution in [0.3, 0.4) is 0 Å². The zero-order valence-corrected chi connectivity index (χ0v) is 12.5. The summed E-state index contributed by atoms with van der Waals surface area (Å²) >= 11 is 0. The molecule has 0 unspecified atom stereocenters. The monoisotopic (exact) mass is 289 g/mol. The Kier molecular flexibility index (Phi) is 3.27. The van der Waals surface area contributed by atoms with Crippen molar-refractivity contribution < 1.29 is 9.90 Å². The van der Waals surface area contributed by atoms with Crippen molar-refractivity contribution in [2.45, 2.75) is 45.6 Å². The number of carbonyl (C=O) groups is 1. The molecule has 1 N–H and O–H groups in total. The van der Waals surface area contributed by atoms with Gasteiger partial charge in [0, 0.05) is 18.3 Å². The van der Waals surface area contributed by atoms with E-state index in [-0.39, 0.29) is 11.7 Å². The van der Waals surface area contributed by atoms with Gasteiger partial charge in [-0.25, -0.2) is 9.48 Å². The molecule has 1 fully saturated rings. The minimum atomic E-state index is -1.04. The van der Waals surface area contributed by atoms with E-state index in [2.05, 4.69) is 15.4 Å². The van der Waals surface area contributed by atoms with Gasteiger partial charge in [-0.1, -0.05) is 18.1 Å². The molecule has 1 aliphatic carbocycles. The molecule has 2 aromatic rings. The van der Waals surface area contributed by atoms with Crippen LogP contribution in [0.4, 0.5) is 0 Å². The topological polar surface area (TPSA) is 85.8 Å². The maximum absolute atomic E-state index is 11.5. The smallest absolute Gasteiger partial charge is 0.358 e. The molecule has 2 heterocycles. The zero-order chi connectivity index (χ0) is 15.1. The molecule has 1 saturated carbocycles. The van der Waals surface area contributed by atoms with E-state index in [1.807, 2.05) is 20.9 Å². The molecular formula is C14H19N5O2. The number of aromatic nitrogens is 5. The van der Waals surface area contributed by atoms with Crippen molar-refractivity contribution in [2.24, 2.45) is 7.05 Å². The summed E-state index contributed by atoms with van der Waals surface area (Å²) in [6, 6.07) is 0.236. The Morgan fingerprint density at radius 2 is 1.95 bits per heavy atom. The Hall–Kier alpha value is -2.18. The molecule has 0 amide bonds. The van der Waals surface area contributed by atoms with Crippen LogP contribution >= 0.6 is 0 Å². The molecule has 7 nitrogen and oxygen atoms in total. The van der Waals surface area contributed by atoms with Crippen LogP contribution in [0.1, 0.15) is 53.6 Å². The lowest BCUT2D eigenvalue weighted by atomic mass is 10.1. The Morgan fingerprint density at radius 3 is 2.48 bits per heavy atom. The number of aromatic carboxylic acids is 1. The van der Waals surface area contributed by atoms with E-state index in [0.29, 0.717) is 5.69 Å². The Labute approximate surface area is 122 Å². The van der Waals surface area contributed by atoms with Crippen LogP contribution in [0.25, 0.3) is 11.3 Å². The standard InChI is InChI=1S/C14H19N5O2/c1-8-11(9(2)18(3)16-8)13-12(14(20)21)15-17-19(13)10-6-4-5-7-10/h10H,4-7H2,1-3H3,(H,20,21). The molecule has 0 aromatic carbocycles. The van der Waals surface area contributed by atoms with Crippen LogP contribution in [0.15, 0.2) is 0 Å². The quantitative estimate of drug-likeness (QED) is 0.935. The Bertz CT molecular complexity index is 695. The van der Waals surface area contributed by atoms with Gasteiger partial charge in [-0.15, -0.1) is 5.10 Å². The van der Waals surface area contributed by atoms with Crippen LogP contribution in [-0.4, -0.2) is 35.9 Å². The van der Waals surface area contributed by atoms with Crippen LogP contribution < -0.4 is 0 Å².